The summed E-state index contributed by atoms with van der Waals surface area (Å²) in [5.74, 6) is 0. The first-order valence-corrected chi connectivity index (χ1v) is 8.42. The Bertz CT molecular complexity index is 1130. The van der Waals surface area contributed by atoms with Crippen molar-refractivity contribution in [1.82, 2.24) is 14.8 Å². The molecule has 6 heteroatoms. The fourth-order valence-corrected chi connectivity index (χ4v) is 3.16. The standard InChI is InChI=1S/C19H13Cl2N3O/c1-11-17(12-2-4-13(20)5-3-12)18-16(10-22-11)19(25)24(23-18)15-8-6-14(21)7-9-15/h2-10,23H,1H3. The Morgan fingerprint density at radius 2 is 1.56 bits per heavy atom. The van der Waals surface area contributed by atoms with Crippen LogP contribution in [0.25, 0.3) is 27.7 Å². The number of nitrogens with zero attached hydrogens (tertiary/aromatic N) is 2. The van der Waals surface area contributed by atoms with Crippen LogP contribution >= 0.6 is 23.2 Å². The second kappa shape index (κ2) is 6.06. The first-order valence-electron chi connectivity index (χ1n) is 7.67. The molecule has 0 saturated heterocycles. The molecule has 0 saturated carbocycles. The Morgan fingerprint density at radius 1 is 0.960 bits per heavy atom. The summed E-state index contributed by atoms with van der Waals surface area (Å²) in [4.78, 5) is 17.2. The third-order valence-electron chi connectivity index (χ3n) is 4.14. The molecule has 0 spiro atoms. The average Bonchev–Trinajstić information content (AvgIpc) is 2.93. The minimum atomic E-state index is -0.153. The van der Waals surface area contributed by atoms with Crippen molar-refractivity contribution in [2.24, 2.45) is 0 Å². The third kappa shape index (κ3) is 2.73. The molecule has 0 unspecified atom stereocenters. The zero-order valence-electron chi connectivity index (χ0n) is 13.3. The second-order valence-corrected chi connectivity index (χ2v) is 6.62. The SMILES string of the molecule is Cc1ncc2c(=O)n(-c3ccc(Cl)cc3)[nH]c2c1-c1ccc(Cl)cc1. The van der Waals surface area contributed by atoms with Crippen LogP contribution in [0.3, 0.4) is 0 Å². The number of fused-ring (bicyclic) bond motifs is 1. The van der Waals surface area contributed by atoms with E-state index < -0.39 is 0 Å². The molecule has 0 radical (unpaired) electrons. The van der Waals surface area contributed by atoms with Gasteiger partial charge in [-0.15, -0.1) is 0 Å². The van der Waals surface area contributed by atoms with E-state index in [1.54, 1.807) is 30.5 Å². The lowest BCUT2D eigenvalue weighted by atomic mass is 10.0. The molecule has 0 atom stereocenters. The molecule has 2 aromatic heterocycles. The first kappa shape index (κ1) is 15.9. The summed E-state index contributed by atoms with van der Waals surface area (Å²) < 4.78 is 1.50. The molecule has 0 fully saturated rings. The van der Waals surface area contributed by atoms with Crippen LogP contribution in [0.15, 0.2) is 59.5 Å². The highest BCUT2D eigenvalue weighted by Gasteiger charge is 2.15. The Balaban J connectivity index is 2.00. The highest BCUT2D eigenvalue weighted by molar-refractivity contribution is 6.30. The monoisotopic (exact) mass is 369 g/mol. The molecule has 0 aliphatic heterocycles. The number of H-pyrrole nitrogens is 1. The van der Waals surface area contributed by atoms with Crippen molar-refractivity contribution in [3.05, 3.63) is 80.8 Å². The van der Waals surface area contributed by atoms with Crippen LogP contribution in [0.5, 0.6) is 0 Å². The van der Waals surface area contributed by atoms with E-state index in [0.29, 0.717) is 21.1 Å². The number of aromatic amines is 1. The number of halogens is 2. The largest absolute Gasteiger partial charge is 0.290 e. The van der Waals surface area contributed by atoms with E-state index in [1.165, 1.54) is 4.68 Å². The van der Waals surface area contributed by atoms with Gasteiger partial charge in [-0.3, -0.25) is 14.9 Å². The van der Waals surface area contributed by atoms with Crippen LogP contribution < -0.4 is 5.56 Å². The van der Waals surface area contributed by atoms with Gasteiger partial charge in [0.2, 0.25) is 0 Å². The van der Waals surface area contributed by atoms with Gasteiger partial charge in [0.15, 0.2) is 0 Å². The quantitative estimate of drug-likeness (QED) is 0.540. The van der Waals surface area contributed by atoms with E-state index in [4.69, 9.17) is 23.2 Å². The summed E-state index contributed by atoms with van der Waals surface area (Å²) in [6, 6.07) is 14.6. The van der Waals surface area contributed by atoms with Crippen molar-refractivity contribution in [2.75, 3.05) is 0 Å². The number of pyridine rings is 1. The number of hydrogen-bond donors (Lipinski definition) is 1. The third-order valence-corrected chi connectivity index (χ3v) is 4.65. The summed E-state index contributed by atoms with van der Waals surface area (Å²) in [6.45, 7) is 1.92. The van der Waals surface area contributed by atoms with Crippen molar-refractivity contribution in [3.63, 3.8) is 0 Å². The number of benzene rings is 2. The van der Waals surface area contributed by atoms with Crippen molar-refractivity contribution in [2.45, 2.75) is 6.92 Å². The maximum absolute atomic E-state index is 12.8. The maximum atomic E-state index is 12.8. The minimum absolute atomic E-state index is 0.153. The molecule has 4 rings (SSSR count). The van der Waals surface area contributed by atoms with Gasteiger partial charge < -0.3 is 0 Å². The van der Waals surface area contributed by atoms with Gasteiger partial charge in [-0.25, -0.2) is 4.68 Å². The number of rotatable bonds is 2. The van der Waals surface area contributed by atoms with Gasteiger partial charge in [-0.05, 0) is 48.9 Å². The topological polar surface area (TPSA) is 50.7 Å². The van der Waals surface area contributed by atoms with Crippen LogP contribution in [0, 0.1) is 6.92 Å². The highest BCUT2D eigenvalue weighted by Crippen LogP contribution is 2.29. The minimum Gasteiger partial charge on any atom is -0.290 e. The summed E-state index contributed by atoms with van der Waals surface area (Å²) in [5.41, 5.74) is 3.97. The average molecular weight is 370 g/mol. The number of aromatic nitrogens is 3. The fraction of sp³-hybridized carbons (Fsp3) is 0.0526. The molecule has 0 amide bonds. The number of nitrogens with one attached hydrogen (secondary N) is 1. The van der Waals surface area contributed by atoms with Gasteiger partial charge in [0.25, 0.3) is 5.56 Å². The number of hydrogen-bond acceptors (Lipinski definition) is 2. The van der Waals surface area contributed by atoms with Gasteiger partial charge in [-0.1, -0.05) is 35.3 Å². The number of aryl methyl sites for hydroxylation is 1. The van der Waals surface area contributed by atoms with Crippen LogP contribution in [0.2, 0.25) is 10.0 Å². The van der Waals surface area contributed by atoms with Crippen LogP contribution in [-0.4, -0.2) is 14.8 Å². The molecule has 2 aromatic carbocycles. The van der Waals surface area contributed by atoms with Crippen molar-refractivity contribution in [1.29, 1.82) is 0 Å². The van der Waals surface area contributed by atoms with Crippen LogP contribution in [0.4, 0.5) is 0 Å². The van der Waals surface area contributed by atoms with Gasteiger partial charge in [-0.2, -0.15) is 0 Å². The Kier molecular flexibility index (Phi) is 3.86. The van der Waals surface area contributed by atoms with E-state index in [0.717, 1.165) is 22.3 Å². The zero-order valence-corrected chi connectivity index (χ0v) is 14.8. The molecule has 4 nitrogen and oxygen atoms in total. The summed E-state index contributed by atoms with van der Waals surface area (Å²) in [6.07, 6.45) is 1.61. The summed E-state index contributed by atoms with van der Waals surface area (Å²) >= 11 is 11.9. The van der Waals surface area contributed by atoms with Gasteiger partial charge in [0.05, 0.1) is 16.6 Å². The fourth-order valence-electron chi connectivity index (χ4n) is 2.91. The van der Waals surface area contributed by atoms with E-state index in [2.05, 4.69) is 10.1 Å². The molecule has 4 aromatic rings. The molecule has 0 aliphatic carbocycles. The Morgan fingerprint density at radius 3 is 2.20 bits per heavy atom. The van der Waals surface area contributed by atoms with Crippen molar-refractivity contribution >= 4 is 34.1 Å². The predicted molar refractivity (Wildman–Crippen MR) is 102 cm³/mol. The van der Waals surface area contributed by atoms with E-state index in [1.807, 2.05) is 31.2 Å². The van der Waals surface area contributed by atoms with Gasteiger partial charge >= 0.3 is 0 Å². The highest BCUT2D eigenvalue weighted by atomic mass is 35.5. The maximum Gasteiger partial charge on any atom is 0.280 e. The van der Waals surface area contributed by atoms with Crippen LogP contribution in [0.1, 0.15) is 5.69 Å². The summed E-state index contributed by atoms with van der Waals surface area (Å²) in [5, 5.41) is 5.02. The Labute approximate surface area is 153 Å². The van der Waals surface area contributed by atoms with Crippen molar-refractivity contribution < 1.29 is 0 Å². The molecule has 0 aliphatic rings. The summed E-state index contributed by atoms with van der Waals surface area (Å²) in [7, 11) is 0. The normalized spacial score (nSPS) is 11.2. The molecule has 124 valence electrons. The van der Waals surface area contributed by atoms with Crippen LogP contribution in [-0.2, 0) is 0 Å². The molecular weight excluding hydrogens is 357 g/mol. The smallest absolute Gasteiger partial charge is 0.280 e. The molecule has 1 N–H and O–H groups in total. The van der Waals surface area contributed by atoms with Gasteiger partial charge in [0, 0.05) is 27.5 Å². The lowest BCUT2D eigenvalue weighted by molar-refractivity contribution is 0.864. The Hall–Kier alpha value is -2.56. The zero-order chi connectivity index (χ0) is 17.6. The molecule has 2 heterocycles. The second-order valence-electron chi connectivity index (χ2n) is 5.74. The lowest BCUT2D eigenvalue weighted by Gasteiger charge is -2.07. The van der Waals surface area contributed by atoms with Crippen molar-refractivity contribution in [3.8, 4) is 16.8 Å². The van der Waals surface area contributed by atoms with E-state index in [-0.39, 0.29) is 5.56 Å². The van der Waals surface area contributed by atoms with E-state index >= 15 is 0 Å². The molecular formula is C19H13Cl2N3O. The molecule has 25 heavy (non-hydrogen) atoms. The lowest BCUT2D eigenvalue weighted by Crippen LogP contribution is -2.14. The van der Waals surface area contributed by atoms with E-state index in [9.17, 15) is 4.79 Å². The predicted octanol–water partition coefficient (Wildman–Crippen LogP) is 5.00. The van der Waals surface area contributed by atoms with Gasteiger partial charge in [0.1, 0.15) is 0 Å². The first-order chi connectivity index (χ1) is 12.0. The molecule has 0 bridgehead atoms.